The van der Waals surface area contributed by atoms with Crippen LogP contribution in [0.5, 0.6) is 0 Å². The van der Waals surface area contributed by atoms with Crippen LogP contribution in [0.2, 0.25) is 0 Å². The molecule has 0 bridgehead atoms. The monoisotopic (exact) mass is 272 g/mol. The third-order valence-corrected chi connectivity index (χ3v) is 3.82. The van der Waals surface area contributed by atoms with Crippen LogP contribution in [-0.4, -0.2) is 45.3 Å². The standard InChI is InChI=1S/C12H20N2O3S/c1-3-10(4-2)14(5-6-15)7-9-8-18-11(13-9)12(16)17/h8,10,15H,3-7H2,1-2H3,(H,16,17). The minimum atomic E-state index is -0.984. The van der Waals surface area contributed by atoms with Gasteiger partial charge in [0.05, 0.1) is 12.3 Å². The van der Waals surface area contributed by atoms with Crippen LogP contribution < -0.4 is 0 Å². The predicted octanol–water partition coefficient (Wildman–Crippen LogP) is 1.82. The number of aromatic carboxylic acids is 1. The fraction of sp³-hybridized carbons (Fsp3) is 0.667. The third kappa shape index (κ3) is 4.04. The molecule has 0 unspecified atom stereocenters. The van der Waals surface area contributed by atoms with Crippen molar-refractivity contribution in [2.24, 2.45) is 0 Å². The molecular formula is C12H20N2O3S. The lowest BCUT2D eigenvalue weighted by molar-refractivity contribution is 0.0695. The number of carbonyl (C=O) groups is 1. The van der Waals surface area contributed by atoms with Crippen molar-refractivity contribution < 1.29 is 15.0 Å². The lowest BCUT2D eigenvalue weighted by atomic mass is 10.1. The van der Waals surface area contributed by atoms with Gasteiger partial charge in [-0.1, -0.05) is 13.8 Å². The minimum absolute atomic E-state index is 0.104. The SMILES string of the molecule is CCC(CC)N(CCO)Cc1csc(C(=O)O)n1. The summed E-state index contributed by atoms with van der Waals surface area (Å²) in [5.41, 5.74) is 0.762. The summed E-state index contributed by atoms with van der Waals surface area (Å²) in [6.45, 7) is 5.51. The molecule has 0 aliphatic carbocycles. The predicted molar refractivity (Wildman–Crippen MR) is 70.9 cm³/mol. The van der Waals surface area contributed by atoms with Crippen molar-refractivity contribution in [2.45, 2.75) is 39.3 Å². The van der Waals surface area contributed by atoms with Crippen LogP contribution in [0.1, 0.15) is 42.2 Å². The van der Waals surface area contributed by atoms with Gasteiger partial charge in [0, 0.05) is 24.5 Å². The highest BCUT2D eigenvalue weighted by molar-refractivity contribution is 7.11. The molecule has 1 aromatic rings. The number of hydrogen-bond acceptors (Lipinski definition) is 5. The first kappa shape index (κ1) is 15.1. The second-order valence-corrected chi connectivity index (χ2v) is 4.97. The molecule has 0 spiro atoms. The molecule has 5 nitrogen and oxygen atoms in total. The summed E-state index contributed by atoms with van der Waals surface area (Å²) in [4.78, 5) is 17.0. The van der Waals surface area contributed by atoms with E-state index < -0.39 is 5.97 Å². The molecule has 1 aromatic heterocycles. The minimum Gasteiger partial charge on any atom is -0.476 e. The molecule has 0 aliphatic rings. The van der Waals surface area contributed by atoms with Crippen LogP contribution in [0.4, 0.5) is 0 Å². The number of aliphatic hydroxyl groups is 1. The molecule has 102 valence electrons. The van der Waals surface area contributed by atoms with E-state index in [1.165, 1.54) is 0 Å². The van der Waals surface area contributed by atoms with Gasteiger partial charge in [0.2, 0.25) is 5.01 Å². The quantitative estimate of drug-likeness (QED) is 0.755. The van der Waals surface area contributed by atoms with Gasteiger partial charge in [-0.15, -0.1) is 11.3 Å². The summed E-state index contributed by atoms with van der Waals surface area (Å²) < 4.78 is 0. The van der Waals surface area contributed by atoms with E-state index in [2.05, 4.69) is 23.7 Å². The summed E-state index contributed by atoms with van der Waals surface area (Å²) in [6, 6.07) is 0.395. The summed E-state index contributed by atoms with van der Waals surface area (Å²) in [7, 11) is 0. The van der Waals surface area contributed by atoms with E-state index in [9.17, 15) is 4.79 Å². The fourth-order valence-electron chi connectivity index (χ4n) is 2.01. The second kappa shape index (κ2) is 7.45. The fourth-order valence-corrected chi connectivity index (χ4v) is 2.66. The molecule has 2 N–H and O–H groups in total. The number of thiazole rings is 1. The van der Waals surface area contributed by atoms with E-state index in [4.69, 9.17) is 10.2 Å². The second-order valence-electron chi connectivity index (χ2n) is 4.11. The Morgan fingerprint density at radius 1 is 1.50 bits per heavy atom. The lowest BCUT2D eigenvalue weighted by Gasteiger charge is -2.29. The molecule has 0 aliphatic heterocycles. The van der Waals surface area contributed by atoms with Gasteiger partial charge in [-0.25, -0.2) is 9.78 Å². The maximum atomic E-state index is 10.8. The number of carboxylic acids is 1. The highest BCUT2D eigenvalue weighted by Crippen LogP contribution is 2.15. The van der Waals surface area contributed by atoms with Crippen LogP contribution in [0.25, 0.3) is 0 Å². The Bertz CT molecular complexity index is 377. The van der Waals surface area contributed by atoms with Crippen molar-refractivity contribution in [1.29, 1.82) is 0 Å². The van der Waals surface area contributed by atoms with E-state index in [1.54, 1.807) is 5.38 Å². The molecule has 6 heteroatoms. The van der Waals surface area contributed by atoms with Crippen molar-refractivity contribution in [3.63, 3.8) is 0 Å². The molecule has 0 amide bonds. The number of hydrogen-bond donors (Lipinski definition) is 2. The number of carboxylic acid groups (broad SMARTS) is 1. The zero-order valence-electron chi connectivity index (χ0n) is 10.8. The summed E-state index contributed by atoms with van der Waals surface area (Å²) >= 11 is 1.14. The van der Waals surface area contributed by atoms with Gasteiger partial charge in [-0.2, -0.15) is 0 Å². The molecule has 0 saturated carbocycles. The van der Waals surface area contributed by atoms with Crippen LogP contribution >= 0.6 is 11.3 Å². The molecule has 0 saturated heterocycles. The Balaban J connectivity index is 2.72. The molecule has 1 rings (SSSR count). The largest absolute Gasteiger partial charge is 0.476 e. The van der Waals surface area contributed by atoms with Gasteiger partial charge in [-0.3, -0.25) is 4.90 Å². The first-order valence-electron chi connectivity index (χ1n) is 6.14. The average Bonchev–Trinajstić information content (AvgIpc) is 2.79. The van der Waals surface area contributed by atoms with Crippen LogP contribution in [-0.2, 0) is 6.54 Å². The topological polar surface area (TPSA) is 73.7 Å². The Morgan fingerprint density at radius 2 is 2.17 bits per heavy atom. The van der Waals surface area contributed by atoms with Crippen molar-refractivity contribution >= 4 is 17.3 Å². The Morgan fingerprint density at radius 3 is 2.61 bits per heavy atom. The van der Waals surface area contributed by atoms with E-state index in [-0.39, 0.29) is 11.6 Å². The maximum Gasteiger partial charge on any atom is 0.365 e. The van der Waals surface area contributed by atoms with E-state index >= 15 is 0 Å². The van der Waals surface area contributed by atoms with Crippen LogP contribution in [0.15, 0.2) is 5.38 Å². The van der Waals surface area contributed by atoms with Crippen LogP contribution in [0, 0.1) is 0 Å². The first-order valence-corrected chi connectivity index (χ1v) is 7.02. The highest BCUT2D eigenvalue weighted by Gasteiger charge is 2.17. The van der Waals surface area contributed by atoms with E-state index in [0.29, 0.717) is 19.1 Å². The van der Waals surface area contributed by atoms with Crippen molar-refractivity contribution in [3.8, 4) is 0 Å². The Labute approximate surface area is 111 Å². The van der Waals surface area contributed by atoms with Crippen molar-refractivity contribution in [1.82, 2.24) is 9.88 Å². The summed E-state index contributed by atoms with van der Waals surface area (Å²) in [5.74, 6) is -0.984. The van der Waals surface area contributed by atoms with Crippen molar-refractivity contribution in [2.75, 3.05) is 13.2 Å². The summed E-state index contributed by atoms with van der Waals surface area (Å²) in [6.07, 6.45) is 2.01. The van der Waals surface area contributed by atoms with E-state index in [1.807, 2.05) is 0 Å². The Hall–Kier alpha value is -0.980. The Kier molecular flexibility index (Phi) is 6.24. The smallest absolute Gasteiger partial charge is 0.365 e. The molecular weight excluding hydrogens is 252 g/mol. The van der Waals surface area contributed by atoms with Gasteiger partial charge >= 0.3 is 5.97 Å². The molecule has 18 heavy (non-hydrogen) atoms. The maximum absolute atomic E-state index is 10.8. The number of rotatable bonds is 8. The molecule has 0 fully saturated rings. The number of aliphatic hydroxyl groups excluding tert-OH is 1. The lowest BCUT2D eigenvalue weighted by Crippen LogP contribution is -2.36. The normalized spacial score (nSPS) is 11.4. The van der Waals surface area contributed by atoms with Gasteiger partial charge in [0.25, 0.3) is 0 Å². The zero-order chi connectivity index (χ0) is 13.5. The van der Waals surface area contributed by atoms with E-state index in [0.717, 1.165) is 29.9 Å². The first-order chi connectivity index (χ1) is 8.62. The van der Waals surface area contributed by atoms with Gasteiger partial charge in [0.1, 0.15) is 0 Å². The molecule has 0 aromatic carbocycles. The van der Waals surface area contributed by atoms with Crippen LogP contribution in [0.3, 0.4) is 0 Å². The molecule has 1 heterocycles. The number of aromatic nitrogens is 1. The van der Waals surface area contributed by atoms with Gasteiger partial charge in [-0.05, 0) is 12.8 Å². The third-order valence-electron chi connectivity index (χ3n) is 2.95. The average molecular weight is 272 g/mol. The number of nitrogens with zero attached hydrogens (tertiary/aromatic N) is 2. The molecule has 0 radical (unpaired) electrons. The summed E-state index contributed by atoms with van der Waals surface area (Å²) in [5, 5.41) is 19.8. The highest BCUT2D eigenvalue weighted by atomic mass is 32.1. The van der Waals surface area contributed by atoms with Gasteiger partial charge < -0.3 is 10.2 Å². The zero-order valence-corrected chi connectivity index (χ0v) is 11.6. The van der Waals surface area contributed by atoms with Crippen molar-refractivity contribution in [3.05, 3.63) is 16.1 Å². The molecule has 0 atom stereocenters. The van der Waals surface area contributed by atoms with Gasteiger partial charge in [0.15, 0.2) is 0 Å².